The van der Waals surface area contributed by atoms with Crippen molar-refractivity contribution >= 4 is 34.0 Å². The lowest BCUT2D eigenvalue weighted by molar-refractivity contribution is 0.581. The summed E-state index contributed by atoms with van der Waals surface area (Å²) in [5.41, 5.74) is 9.85. The molecule has 0 radical (unpaired) electrons. The summed E-state index contributed by atoms with van der Waals surface area (Å²) < 4.78 is 29.4. The average molecular weight is 531 g/mol. The number of nitrogens with two attached hydrogens (primary N) is 1. The summed E-state index contributed by atoms with van der Waals surface area (Å²) >= 11 is 0. The smallest absolute Gasteiger partial charge is 0.241 e. The van der Waals surface area contributed by atoms with Crippen LogP contribution in [-0.2, 0) is 16.6 Å². The second-order valence-electron chi connectivity index (χ2n) is 8.04. The van der Waals surface area contributed by atoms with Crippen LogP contribution in [0.3, 0.4) is 0 Å². The monoisotopic (exact) mass is 530 g/mol. The van der Waals surface area contributed by atoms with Gasteiger partial charge in [0.15, 0.2) is 0 Å². The largest absolute Gasteiger partial charge is 0.384 e. The molecule has 8 heteroatoms. The normalized spacial score (nSPS) is 10.5. The predicted molar refractivity (Wildman–Crippen MR) is 152 cm³/mol. The maximum atomic E-state index is 13.4. The van der Waals surface area contributed by atoms with E-state index in [0.29, 0.717) is 23.2 Å². The van der Waals surface area contributed by atoms with Crippen molar-refractivity contribution in [2.45, 2.75) is 11.4 Å². The van der Waals surface area contributed by atoms with Gasteiger partial charge in [-0.2, -0.15) is 0 Å². The zero-order valence-electron chi connectivity index (χ0n) is 19.9. The second kappa shape index (κ2) is 12.7. The SMILES string of the molecule is Cl.N=C(N)c1cccc(NCC#Cc2ccc(-c3ccccc3)c(S(=O)(=O)NCc3ccccc3)c2)c1. The Balaban J connectivity index is 0.00000380. The van der Waals surface area contributed by atoms with E-state index in [1.165, 1.54) is 0 Å². The number of benzene rings is 4. The van der Waals surface area contributed by atoms with Crippen molar-refractivity contribution in [3.8, 4) is 23.0 Å². The zero-order chi connectivity index (χ0) is 25.4. The lowest BCUT2D eigenvalue weighted by Crippen LogP contribution is -2.24. The minimum atomic E-state index is -3.81. The molecule has 4 aromatic rings. The standard InChI is InChI=1S/C29H26N4O2S.ClH/c30-29(31)25-14-7-15-26(20-25)32-18-8-11-22-16-17-27(24-12-5-2-6-13-24)28(19-22)36(34,35)33-21-23-9-3-1-4-10-23;/h1-7,9-10,12-17,19-20,32-33H,18,21H2,(H3,30,31);1H. The molecular formula is C29H27ClN4O2S. The van der Waals surface area contributed by atoms with Gasteiger partial charge >= 0.3 is 0 Å². The van der Waals surface area contributed by atoms with E-state index < -0.39 is 10.0 Å². The molecule has 0 spiro atoms. The second-order valence-corrected chi connectivity index (χ2v) is 9.77. The molecule has 5 N–H and O–H groups in total. The molecule has 0 aliphatic rings. The number of hydrogen-bond acceptors (Lipinski definition) is 4. The number of anilines is 1. The Kier molecular flexibility index (Phi) is 9.47. The number of rotatable bonds is 8. The highest BCUT2D eigenvalue weighted by Crippen LogP contribution is 2.28. The Hall–Kier alpha value is -4.09. The summed E-state index contributed by atoms with van der Waals surface area (Å²) in [4.78, 5) is 0.179. The van der Waals surface area contributed by atoms with Gasteiger partial charge in [0.25, 0.3) is 0 Å². The molecule has 188 valence electrons. The summed E-state index contributed by atoms with van der Waals surface area (Å²) in [6.45, 7) is 0.534. The molecule has 0 saturated heterocycles. The van der Waals surface area contributed by atoms with Crippen LogP contribution < -0.4 is 15.8 Å². The van der Waals surface area contributed by atoms with E-state index >= 15 is 0 Å². The van der Waals surface area contributed by atoms with E-state index in [0.717, 1.165) is 16.8 Å². The maximum Gasteiger partial charge on any atom is 0.241 e. The number of halogens is 1. The molecule has 0 aliphatic carbocycles. The first-order chi connectivity index (χ1) is 17.4. The van der Waals surface area contributed by atoms with Crippen molar-refractivity contribution in [2.24, 2.45) is 5.73 Å². The van der Waals surface area contributed by atoms with Gasteiger partial charge in [-0.05, 0) is 35.4 Å². The first-order valence-electron chi connectivity index (χ1n) is 11.3. The van der Waals surface area contributed by atoms with Crippen molar-refractivity contribution in [1.29, 1.82) is 5.41 Å². The molecule has 0 aromatic heterocycles. The summed E-state index contributed by atoms with van der Waals surface area (Å²) in [6, 6.07) is 31.3. The van der Waals surface area contributed by atoms with Crippen LogP contribution in [0.4, 0.5) is 5.69 Å². The van der Waals surface area contributed by atoms with Crippen LogP contribution >= 0.6 is 12.4 Å². The number of nitrogen functional groups attached to an aromatic ring is 1. The Morgan fingerprint density at radius 3 is 2.27 bits per heavy atom. The fourth-order valence-corrected chi connectivity index (χ4v) is 4.89. The topological polar surface area (TPSA) is 108 Å². The fraction of sp³-hybridized carbons (Fsp3) is 0.0690. The van der Waals surface area contributed by atoms with Crippen molar-refractivity contribution in [3.63, 3.8) is 0 Å². The Labute approximate surface area is 223 Å². The molecule has 0 amide bonds. The molecule has 6 nitrogen and oxygen atoms in total. The average Bonchev–Trinajstić information content (AvgIpc) is 2.91. The van der Waals surface area contributed by atoms with Crippen molar-refractivity contribution in [1.82, 2.24) is 4.72 Å². The highest BCUT2D eigenvalue weighted by molar-refractivity contribution is 7.89. The molecule has 0 saturated carbocycles. The van der Waals surface area contributed by atoms with Gasteiger partial charge in [0, 0.05) is 28.9 Å². The lowest BCUT2D eigenvalue weighted by atomic mass is 10.0. The van der Waals surface area contributed by atoms with Gasteiger partial charge < -0.3 is 11.1 Å². The Morgan fingerprint density at radius 2 is 1.57 bits per heavy atom. The van der Waals surface area contributed by atoms with Crippen LogP contribution in [0.25, 0.3) is 11.1 Å². The highest BCUT2D eigenvalue weighted by atomic mass is 35.5. The Morgan fingerprint density at radius 1 is 0.865 bits per heavy atom. The summed E-state index contributed by atoms with van der Waals surface area (Å²) in [5, 5.41) is 10.7. The first-order valence-corrected chi connectivity index (χ1v) is 12.8. The van der Waals surface area contributed by atoms with E-state index in [4.69, 9.17) is 11.1 Å². The van der Waals surface area contributed by atoms with E-state index in [1.54, 1.807) is 24.3 Å². The number of hydrogen-bond donors (Lipinski definition) is 4. The van der Waals surface area contributed by atoms with E-state index in [2.05, 4.69) is 21.9 Å². The third-order valence-corrected chi connectivity index (χ3v) is 6.89. The summed E-state index contributed by atoms with van der Waals surface area (Å²) in [7, 11) is -3.81. The summed E-state index contributed by atoms with van der Waals surface area (Å²) in [5.74, 6) is 6.08. The first kappa shape index (κ1) is 27.5. The van der Waals surface area contributed by atoms with Gasteiger partial charge in [0.05, 0.1) is 11.4 Å². The van der Waals surface area contributed by atoms with Crippen LogP contribution in [0.2, 0.25) is 0 Å². The quantitative estimate of drug-likeness (QED) is 0.146. The molecular weight excluding hydrogens is 504 g/mol. The van der Waals surface area contributed by atoms with Crippen LogP contribution in [-0.4, -0.2) is 20.8 Å². The van der Waals surface area contributed by atoms with Gasteiger partial charge in [0.2, 0.25) is 10.0 Å². The van der Waals surface area contributed by atoms with Gasteiger partial charge in [0.1, 0.15) is 5.84 Å². The molecule has 37 heavy (non-hydrogen) atoms. The van der Waals surface area contributed by atoms with Crippen molar-refractivity contribution in [3.05, 3.63) is 120 Å². The maximum absolute atomic E-state index is 13.4. The van der Waals surface area contributed by atoms with Crippen LogP contribution in [0, 0.1) is 17.3 Å². The number of amidine groups is 1. The van der Waals surface area contributed by atoms with Crippen LogP contribution in [0.15, 0.2) is 108 Å². The minimum absolute atomic E-state index is 0. The molecule has 0 unspecified atom stereocenters. The Bertz CT molecular complexity index is 1530. The molecule has 0 aliphatic heterocycles. The molecule has 0 heterocycles. The van der Waals surface area contributed by atoms with Crippen LogP contribution in [0.5, 0.6) is 0 Å². The van der Waals surface area contributed by atoms with Crippen LogP contribution in [0.1, 0.15) is 16.7 Å². The highest BCUT2D eigenvalue weighted by Gasteiger charge is 2.20. The fourth-order valence-electron chi connectivity index (χ4n) is 3.62. The third-order valence-electron chi connectivity index (χ3n) is 5.45. The lowest BCUT2D eigenvalue weighted by Gasteiger charge is -2.13. The third kappa shape index (κ3) is 7.45. The van der Waals surface area contributed by atoms with Gasteiger partial charge in [-0.15, -0.1) is 12.4 Å². The molecule has 4 aromatic carbocycles. The molecule has 4 rings (SSSR count). The van der Waals surface area contributed by atoms with E-state index in [-0.39, 0.29) is 29.7 Å². The van der Waals surface area contributed by atoms with Gasteiger partial charge in [-0.25, -0.2) is 13.1 Å². The molecule has 0 bridgehead atoms. The van der Waals surface area contributed by atoms with E-state index in [9.17, 15) is 8.42 Å². The van der Waals surface area contributed by atoms with E-state index in [1.807, 2.05) is 78.9 Å². The molecule has 0 atom stereocenters. The predicted octanol–water partition coefficient (Wildman–Crippen LogP) is 5.00. The van der Waals surface area contributed by atoms with Crippen molar-refractivity contribution in [2.75, 3.05) is 11.9 Å². The minimum Gasteiger partial charge on any atom is -0.384 e. The summed E-state index contributed by atoms with van der Waals surface area (Å²) in [6.07, 6.45) is 0. The van der Waals surface area contributed by atoms with Gasteiger partial charge in [-0.1, -0.05) is 90.7 Å². The van der Waals surface area contributed by atoms with Gasteiger partial charge in [-0.3, -0.25) is 5.41 Å². The van der Waals surface area contributed by atoms with Crippen molar-refractivity contribution < 1.29 is 8.42 Å². The number of sulfonamides is 1. The number of nitrogens with one attached hydrogen (secondary N) is 3. The molecule has 0 fully saturated rings. The zero-order valence-corrected chi connectivity index (χ0v) is 21.6.